The van der Waals surface area contributed by atoms with Crippen molar-refractivity contribution < 1.29 is 19.6 Å². The maximum atomic E-state index is 5.26. The quantitative estimate of drug-likeness (QED) is 0.544. The Hall–Kier alpha value is -0.160. The van der Waals surface area contributed by atoms with E-state index in [1.165, 1.54) is 6.42 Å². The van der Waals surface area contributed by atoms with Gasteiger partial charge in [0.2, 0.25) is 5.79 Å². The van der Waals surface area contributed by atoms with Crippen LogP contribution in [0.2, 0.25) is 0 Å². The van der Waals surface area contributed by atoms with Gasteiger partial charge in [0.15, 0.2) is 0 Å². The van der Waals surface area contributed by atoms with E-state index >= 15 is 0 Å². The van der Waals surface area contributed by atoms with E-state index < -0.39 is 5.79 Å². The number of hydrogen-bond acceptors (Lipinski definition) is 4. The fourth-order valence-electron chi connectivity index (χ4n) is 1.75. The minimum Gasteiger partial charge on any atom is -0.234 e. The third kappa shape index (κ3) is 2.40. The lowest BCUT2D eigenvalue weighted by Crippen LogP contribution is -2.39. The zero-order valence-electron chi connectivity index (χ0n) is 7.79. The maximum absolute atomic E-state index is 5.26. The van der Waals surface area contributed by atoms with E-state index in [1.54, 1.807) is 0 Å². The third-order valence-electron chi connectivity index (χ3n) is 2.49. The molecule has 1 saturated carbocycles. The first-order valence-electron chi connectivity index (χ1n) is 5.03. The summed E-state index contributed by atoms with van der Waals surface area (Å²) in [6, 6.07) is 0. The third-order valence-corrected chi connectivity index (χ3v) is 2.49. The highest BCUT2D eigenvalue weighted by molar-refractivity contribution is 4.72. The molecule has 76 valence electrons. The molecular formula is C9H16O4. The molecule has 0 aromatic carbocycles. The van der Waals surface area contributed by atoms with Crippen LogP contribution in [0.15, 0.2) is 0 Å². The normalized spacial score (nSPS) is 29.5. The van der Waals surface area contributed by atoms with Gasteiger partial charge >= 0.3 is 0 Å². The zero-order chi connectivity index (χ0) is 8.99. The van der Waals surface area contributed by atoms with E-state index in [4.69, 9.17) is 19.6 Å². The van der Waals surface area contributed by atoms with Crippen molar-refractivity contribution in [2.24, 2.45) is 0 Å². The van der Waals surface area contributed by atoms with Crippen molar-refractivity contribution in [3.63, 3.8) is 0 Å². The molecule has 13 heavy (non-hydrogen) atoms. The van der Waals surface area contributed by atoms with Gasteiger partial charge < -0.3 is 0 Å². The van der Waals surface area contributed by atoms with E-state index in [2.05, 4.69) is 0 Å². The van der Waals surface area contributed by atoms with Gasteiger partial charge in [-0.05, 0) is 12.8 Å². The lowest BCUT2D eigenvalue weighted by Gasteiger charge is -2.34. The van der Waals surface area contributed by atoms with E-state index in [-0.39, 0.29) is 0 Å². The van der Waals surface area contributed by atoms with Crippen LogP contribution < -0.4 is 0 Å². The van der Waals surface area contributed by atoms with Crippen molar-refractivity contribution in [3.05, 3.63) is 0 Å². The van der Waals surface area contributed by atoms with E-state index in [0.29, 0.717) is 13.2 Å². The average molecular weight is 188 g/mol. The Balaban J connectivity index is 1.91. The summed E-state index contributed by atoms with van der Waals surface area (Å²) in [7, 11) is 0. The molecule has 1 heterocycles. The summed E-state index contributed by atoms with van der Waals surface area (Å²) in [5.41, 5.74) is 0. The van der Waals surface area contributed by atoms with Gasteiger partial charge in [0.05, 0.1) is 13.2 Å². The van der Waals surface area contributed by atoms with Gasteiger partial charge in [0, 0.05) is 19.3 Å². The molecule has 2 fully saturated rings. The molecule has 1 aliphatic heterocycles. The molecule has 4 nitrogen and oxygen atoms in total. The topological polar surface area (TPSA) is 36.9 Å². The summed E-state index contributed by atoms with van der Waals surface area (Å²) in [4.78, 5) is 20.7. The Morgan fingerprint density at radius 1 is 0.692 bits per heavy atom. The number of hydrogen-bond donors (Lipinski definition) is 0. The Bertz CT molecular complexity index is 144. The molecule has 0 bridgehead atoms. The molecule has 0 aromatic rings. The smallest absolute Gasteiger partial charge is 0.233 e. The summed E-state index contributed by atoms with van der Waals surface area (Å²) < 4.78 is 0. The predicted molar refractivity (Wildman–Crippen MR) is 44.5 cm³/mol. The van der Waals surface area contributed by atoms with Crippen LogP contribution in [-0.4, -0.2) is 19.0 Å². The van der Waals surface area contributed by atoms with Gasteiger partial charge in [0.25, 0.3) is 0 Å². The maximum Gasteiger partial charge on any atom is 0.233 e. The zero-order valence-corrected chi connectivity index (χ0v) is 7.79. The molecule has 2 aliphatic rings. The van der Waals surface area contributed by atoms with Gasteiger partial charge in [-0.25, -0.2) is 9.78 Å². The molecule has 0 amide bonds. The summed E-state index contributed by atoms with van der Waals surface area (Å²) in [5.74, 6) is -0.612. The minimum atomic E-state index is -0.612. The predicted octanol–water partition coefficient (Wildman–Crippen LogP) is 1.95. The highest BCUT2D eigenvalue weighted by atomic mass is 17.3. The van der Waals surface area contributed by atoms with Gasteiger partial charge in [0.1, 0.15) is 0 Å². The highest BCUT2D eigenvalue weighted by Gasteiger charge is 2.37. The van der Waals surface area contributed by atoms with Gasteiger partial charge in [-0.15, -0.1) is 0 Å². The van der Waals surface area contributed by atoms with Crippen LogP contribution in [0.1, 0.15) is 38.5 Å². The average Bonchev–Trinajstić information content (AvgIpc) is 2.14. The van der Waals surface area contributed by atoms with Crippen LogP contribution in [0.5, 0.6) is 0 Å². The van der Waals surface area contributed by atoms with Crippen LogP contribution in [0.25, 0.3) is 0 Å². The van der Waals surface area contributed by atoms with Gasteiger partial charge in [-0.2, -0.15) is 9.78 Å². The van der Waals surface area contributed by atoms with Crippen molar-refractivity contribution in [2.75, 3.05) is 13.2 Å². The van der Waals surface area contributed by atoms with Crippen LogP contribution in [-0.2, 0) is 19.6 Å². The van der Waals surface area contributed by atoms with Crippen LogP contribution in [0, 0.1) is 0 Å². The molecule has 0 radical (unpaired) electrons. The Morgan fingerprint density at radius 2 is 1.31 bits per heavy atom. The fraction of sp³-hybridized carbons (Fsp3) is 1.00. The van der Waals surface area contributed by atoms with Crippen molar-refractivity contribution >= 4 is 0 Å². The molecule has 1 saturated heterocycles. The Morgan fingerprint density at radius 3 is 1.92 bits per heavy atom. The fourth-order valence-corrected chi connectivity index (χ4v) is 1.75. The summed E-state index contributed by atoms with van der Waals surface area (Å²) in [6.45, 7) is 1.18. The second-order valence-corrected chi connectivity index (χ2v) is 3.64. The van der Waals surface area contributed by atoms with Gasteiger partial charge in [-0.1, -0.05) is 6.42 Å². The Kier molecular flexibility index (Phi) is 3.16. The second-order valence-electron chi connectivity index (χ2n) is 3.64. The molecule has 0 unspecified atom stereocenters. The first-order chi connectivity index (χ1) is 6.41. The van der Waals surface area contributed by atoms with Crippen molar-refractivity contribution in [1.29, 1.82) is 0 Å². The van der Waals surface area contributed by atoms with Crippen molar-refractivity contribution in [2.45, 2.75) is 44.3 Å². The van der Waals surface area contributed by atoms with Gasteiger partial charge in [-0.3, -0.25) is 0 Å². The van der Waals surface area contributed by atoms with E-state index in [0.717, 1.165) is 32.1 Å². The summed E-state index contributed by atoms with van der Waals surface area (Å²) in [6.07, 6.45) is 6.03. The molecule has 4 heteroatoms. The van der Waals surface area contributed by atoms with Crippen molar-refractivity contribution in [3.8, 4) is 0 Å². The largest absolute Gasteiger partial charge is 0.234 e. The SMILES string of the molecule is C1CCC2(CC1)OOCCCOO2. The number of rotatable bonds is 0. The van der Waals surface area contributed by atoms with Crippen LogP contribution >= 0.6 is 0 Å². The van der Waals surface area contributed by atoms with Crippen LogP contribution in [0.4, 0.5) is 0 Å². The highest BCUT2D eigenvalue weighted by Crippen LogP contribution is 2.33. The van der Waals surface area contributed by atoms with E-state index in [9.17, 15) is 0 Å². The van der Waals surface area contributed by atoms with E-state index in [1.807, 2.05) is 0 Å². The lowest BCUT2D eigenvalue weighted by atomic mass is 9.94. The summed E-state index contributed by atoms with van der Waals surface area (Å²) >= 11 is 0. The first-order valence-corrected chi connectivity index (χ1v) is 5.03. The standard InChI is InChI=1S/C9H16O4/c1-2-5-9(6-3-1)12-10-7-4-8-11-13-9/h1-8H2. The van der Waals surface area contributed by atoms with Crippen molar-refractivity contribution in [1.82, 2.24) is 0 Å². The Labute approximate surface area is 78.0 Å². The molecule has 0 atom stereocenters. The van der Waals surface area contributed by atoms with Crippen LogP contribution in [0.3, 0.4) is 0 Å². The molecule has 1 aliphatic carbocycles. The summed E-state index contributed by atoms with van der Waals surface area (Å²) in [5, 5.41) is 0. The molecular weight excluding hydrogens is 172 g/mol. The second kappa shape index (κ2) is 4.37. The molecule has 0 aromatic heterocycles. The lowest BCUT2D eigenvalue weighted by molar-refractivity contribution is -0.528. The molecule has 0 N–H and O–H groups in total. The first kappa shape index (κ1) is 9.40. The molecule has 1 spiro atoms. The minimum absolute atomic E-state index is 0.588. The monoisotopic (exact) mass is 188 g/mol. The molecule has 2 rings (SSSR count).